The molecule has 0 aliphatic heterocycles. The maximum Gasteiger partial charge on any atom is 0.0666 e. The number of H-pyrrole nitrogens is 1. The van der Waals surface area contributed by atoms with Gasteiger partial charge in [0.1, 0.15) is 0 Å². The van der Waals surface area contributed by atoms with E-state index in [1.807, 2.05) is 26.2 Å². The Hall–Kier alpha value is -1.68. The first-order valence-corrected chi connectivity index (χ1v) is 9.25. The topological polar surface area (TPSA) is 45.0 Å². The van der Waals surface area contributed by atoms with Crippen LogP contribution in [0.15, 0.2) is 36.4 Å². The molecule has 0 unspecified atom stereocenters. The van der Waals surface area contributed by atoms with Crippen LogP contribution in [0, 0.1) is 0 Å². The summed E-state index contributed by atoms with van der Waals surface area (Å²) in [6, 6.07) is 12.2. The van der Waals surface area contributed by atoms with E-state index in [1.54, 1.807) is 0 Å². The molecule has 0 saturated heterocycles. The molecular formula is C20H23Cl2N3. The lowest BCUT2D eigenvalue weighted by Crippen LogP contribution is -2.07. The molecule has 3 nitrogen and oxygen atoms in total. The summed E-state index contributed by atoms with van der Waals surface area (Å²) >= 11 is 12.9. The van der Waals surface area contributed by atoms with Gasteiger partial charge in [0.25, 0.3) is 0 Å². The lowest BCUT2D eigenvalue weighted by Gasteiger charge is -2.13. The van der Waals surface area contributed by atoms with E-state index in [2.05, 4.69) is 34.1 Å². The van der Waals surface area contributed by atoms with Crippen LogP contribution in [0.1, 0.15) is 18.4 Å². The van der Waals surface area contributed by atoms with Crippen molar-refractivity contribution in [2.24, 2.45) is 5.73 Å². The molecule has 0 aliphatic rings. The lowest BCUT2D eigenvalue weighted by molar-refractivity contribution is 0.748. The minimum atomic E-state index is 0.690. The number of fused-ring (bicyclic) bond motifs is 1. The first-order chi connectivity index (χ1) is 12.0. The zero-order chi connectivity index (χ0) is 18.0. The Morgan fingerprint density at radius 3 is 2.28 bits per heavy atom. The van der Waals surface area contributed by atoms with Gasteiger partial charge in [-0.2, -0.15) is 0 Å². The number of unbranched alkanes of at least 4 members (excludes halogenated alkanes) is 1. The number of nitrogens with one attached hydrogen (secondary N) is 1. The number of benzene rings is 2. The third-order valence-corrected chi connectivity index (χ3v) is 5.14. The van der Waals surface area contributed by atoms with Gasteiger partial charge < -0.3 is 15.6 Å². The number of rotatable bonds is 6. The van der Waals surface area contributed by atoms with Gasteiger partial charge in [-0.15, -0.1) is 0 Å². The Bertz CT molecular complexity index is 867. The zero-order valence-electron chi connectivity index (χ0n) is 14.6. The number of nitrogens with zero attached hydrogens (tertiary/aromatic N) is 1. The highest BCUT2D eigenvalue weighted by atomic mass is 35.5. The molecule has 25 heavy (non-hydrogen) atoms. The van der Waals surface area contributed by atoms with Gasteiger partial charge in [0.2, 0.25) is 0 Å². The van der Waals surface area contributed by atoms with Crippen molar-refractivity contribution in [2.45, 2.75) is 19.3 Å². The fourth-order valence-corrected chi connectivity index (χ4v) is 3.64. The van der Waals surface area contributed by atoms with Crippen LogP contribution in [0.2, 0.25) is 10.0 Å². The molecule has 132 valence electrons. The van der Waals surface area contributed by atoms with E-state index in [-0.39, 0.29) is 0 Å². The number of hydrogen-bond donors (Lipinski definition) is 2. The summed E-state index contributed by atoms with van der Waals surface area (Å²) in [4.78, 5) is 5.59. The number of hydrogen-bond acceptors (Lipinski definition) is 2. The van der Waals surface area contributed by atoms with Crippen LogP contribution in [0.4, 0.5) is 5.69 Å². The largest absolute Gasteiger partial charge is 0.378 e. The molecule has 1 heterocycles. The van der Waals surface area contributed by atoms with E-state index >= 15 is 0 Å². The summed E-state index contributed by atoms with van der Waals surface area (Å²) in [5, 5.41) is 2.45. The maximum atomic E-state index is 6.50. The van der Waals surface area contributed by atoms with Gasteiger partial charge in [0.05, 0.1) is 15.6 Å². The first kappa shape index (κ1) is 18.1. The first-order valence-electron chi connectivity index (χ1n) is 8.49. The van der Waals surface area contributed by atoms with Gasteiger partial charge in [0, 0.05) is 30.9 Å². The molecule has 3 aromatic rings. The van der Waals surface area contributed by atoms with E-state index in [1.165, 1.54) is 11.3 Å². The van der Waals surface area contributed by atoms with Crippen LogP contribution >= 0.6 is 23.2 Å². The third-order valence-electron chi connectivity index (χ3n) is 4.51. The summed E-state index contributed by atoms with van der Waals surface area (Å²) in [7, 11) is 4.07. The van der Waals surface area contributed by atoms with Crippen molar-refractivity contribution in [2.75, 3.05) is 25.5 Å². The molecule has 1 aromatic heterocycles. The van der Waals surface area contributed by atoms with Crippen molar-refractivity contribution >= 4 is 39.8 Å². The molecule has 0 aliphatic carbocycles. The Morgan fingerprint density at radius 1 is 0.960 bits per heavy atom. The quantitative estimate of drug-likeness (QED) is 0.559. The van der Waals surface area contributed by atoms with E-state index < -0.39 is 0 Å². The van der Waals surface area contributed by atoms with Crippen LogP contribution in [-0.4, -0.2) is 25.6 Å². The molecule has 0 spiro atoms. The minimum absolute atomic E-state index is 0.690. The smallest absolute Gasteiger partial charge is 0.0666 e. The minimum Gasteiger partial charge on any atom is -0.378 e. The summed E-state index contributed by atoms with van der Waals surface area (Å²) in [5.41, 5.74) is 11.2. The van der Waals surface area contributed by atoms with E-state index in [0.29, 0.717) is 11.6 Å². The summed E-state index contributed by atoms with van der Waals surface area (Å²) in [6.45, 7) is 0.698. The molecule has 0 bridgehead atoms. The molecule has 0 amide bonds. The Labute approximate surface area is 158 Å². The second kappa shape index (κ2) is 7.69. The van der Waals surface area contributed by atoms with Crippen LogP contribution in [0.25, 0.3) is 22.2 Å². The van der Waals surface area contributed by atoms with Crippen LogP contribution in [0.5, 0.6) is 0 Å². The van der Waals surface area contributed by atoms with E-state index in [0.717, 1.165) is 46.4 Å². The highest BCUT2D eigenvalue weighted by molar-refractivity contribution is 6.40. The number of aromatic nitrogens is 1. The summed E-state index contributed by atoms with van der Waals surface area (Å²) in [6.07, 6.45) is 2.93. The molecule has 3 rings (SSSR count). The number of halogens is 2. The van der Waals surface area contributed by atoms with Gasteiger partial charge in [0.15, 0.2) is 0 Å². The van der Waals surface area contributed by atoms with Gasteiger partial charge >= 0.3 is 0 Å². The third kappa shape index (κ3) is 3.64. The maximum absolute atomic E-state index is 6.50. The highest BCUT2D eigenvalue weighted by Gasteiger charge is 2.17. The summed E-state index contributed by atoms with van der Waals surface area (Å²) < 4.78 is 0. The van der Waals surface area contributed by atoms with Crippen molar-refractivity contribution in [1.82, 2.24) is 4.98 Å². The van der Waals surface area contributed by atoms with E-state index in [9.17, 15) is 0 Å². The zero-order valence-corrected chi connectivity index (χ0v) is 16.1. The highest BCUT2D eigenvalue weighted by Crippen LogP contribution is 2.39. The molecule has 0 radical (unpaired) electrons. The lowest BCUT2D eigenvalue weighted by atomic mass is 10.00. The number of aromatic amines is 1. The summed E-state index contributed by atoms with van der Waals surface area (Å²) in [5.74, 6) is 0. The van der Waals surface area contributed by atoms with Crippen molar-refractivity contribution < 1.29 is 0 Å². The fourth-order valence-electron chi connectivity index (χ4n) is 3.16. The Kier molecular flexibility index (Phi) is 5.57. The molecule has 5 heteroatoms. The average molecular weight is 376 g/mol. The second-order valence-electron chi connectivity index (χ2n) is 6.44. The fraction of sp³-hybridized carbons (Fsp3) is 0.300. The van der Waals surface area contributed by atoms with Gasteiger partial charge in [-0.25, -0.2) is 0 Å². The average Bonchev–Trinajstić information content (AvgIpc) is 2.99. The van der Waals surface area contributed by atoms with Crippen LogP contribution in [0.3, 0.4) is 0 Å². The van der Waals surface area contributed by atoms with Crippen LogP contribution in [-0.2, 0) is 6.42 Å². The van der Waals surface area contributed by atoms with Crippen molar-refractivity contribution in [3.05, 3.63) is 52.0 Å². The monoisotopic (exact) mass is 375 g/mol. The molecule has 2 aromatic carbocycles. The van der Waals surface area contributed by atoms with Crippen molar-refractivity contribution in [1.29, 1.82) is 0 Å². The molecule has 0 atom stereocenters. The van der Waals surface area contributed by atoms with Crippen molar-refractivity contribution in [3.63, 3.8) is 0 Å². The van der Waals surface area contributed by atoms with Gasteiger partial charge in [-0.05, 0) is 61.2 Å². The molecule has 3 N–H and O–H groups in total. The molecule has 0 saturated carbocycles. The Balaban J connectivity index is 2.14. The Morgan fingerprint density at radius 2 is 1.64 bits per heavy atom. The standard InChI is InChI=1S/C20H23Cl2N3/c1-25(2)14-8-6-13(7-9-14)19-15(5-3-4-12-23)18-16(21)10-11-17(22)20(18)24-19/h6-11,24H,3-5,12,23H2,1-2H3. The normalized spacial score (nSPS) is 11.2. The number of aryl methyl sites for hydroxylation is 1. The SMILES string of the molecule is CN(C)c1ccc(-c2[nH]c3c(Cl)ccc(Cl)c3c2CCCCN)cc1. The predicted octanol–water partition coefficient (Wildman–Crippen LogP) is 5.49. The molecule has 0 fully saturated rings. The number of nitrogens with two attached hydrogens (primary N) is 1. The van der Waals surface area contributed by atoms with Crippen LogP contribution < -0.4 is 10.6 Å². The van der Waals surface area contributed by atoms with E-state index in [4.69, 9.17) is 28.9 Å². The van der Waals surface area contributed by atoms with Crippen molar-refractivity contribution in [3.8, 4) is 11.3 Å². The van der Waals surface area contributed by atoms with Gasteiger partial charge in [-0.1, -0.05) is 35.3 Å². The second-order valence-corrected chi connectivity index (χ2v) is 7.26. The molecular weight excluding hydrogens is 353 g/mol. The number of anilines is 1. The predicted molar refractivity (Wildman–Crippen MR) is 110 cm³/mol. The van der Waals surface area contributed by atoms with Gasteiger partial charge in [-0.3, -0.25) is 0 Å².